The van der Waals surface area contributed by atoms with Gasteiger partial charge in [-0.05, 0) is 51.4 Å². The number of aromatic nitrogens is 1. The quantitative estimate of drug-likeness (QED) is 0.743. The van der Waals surface area contributed by atoms with Crippen molar-refractivity contribution in [2.75, 3.05) is 47.3 Å². The highest BCUT2D eigenvalue weighted by Gasteiger charge is 2.31. The van der Waals surface area contributed by atoms with Crippen LogP contribution in [0.2, 0.25) is 0 Å². The third kappa shape index (κ3) is 6.74. The molecular formula is C22H39N5O. The van der Waals surface area contributed by atoms with Crippen LogP contribution in [0, 0.1) is 5.41 Å². The molecule has 0 aromatic carbocycles. The van der Waals surface area contributed by atoms with Crippen LogP contribution in [0.15, 0.2) is 24.4 Å². The van der Waals surface area contributed by atoms with Gasteiger partial charge in [0.25, 0.3) is 0 Å². The van der Waals surface area contributed by atoms with Crippen molar-refractivity contribution in [1.82, 2.24) is 25.0 Å². The van der Waals surface area contributed by atoms with E-state index in [0.29, 0.717) is 6.04 Å². The van der Waals surface area contributed by atoms with Crippen LogP contribution >= 0.6 is 0 Å². The summed E-state index contributed by atoms with van der Waals surface area (Å²) in [6, 6.07) is 6.57. The van der Waals surface area contributed by atoms with Gasteiger partial charge in [0.2, 0.25) is 0 Å². The predicted octanol–water partition coefficient (Wildman–Crippen LogP) is 2.71. The minimum absolute atomic E-state index is 0.0227. The standard InChI is InChI=1S/C22H39N5O/c1-18(22(2,3)17-25(4)5)24-21(28)26(6)20-11-15-27(16-12-20)14-10-19-9-7-8-13-23-19/h7-9,13,18,20H,10-12,14-17H2,1-6H3,(H,24,28). The number of carbonyl (C=O) groups is 1. The van der Waals surface area contributed by atoms with Crippen molar-refractivity contribution in [2.24, 2.45) is 5.41 Å². The highest BCUT2D eigenvalue weighted by molar-refractivity contribution is 5.74. The molecule has 1 atom stereocenters. The molecule has 1 unspecified atom stereocenters. The smallest absolute Gasteiger partial charge is 0.317 e. The Hall–Kier alpha value is -1.66. The minimum atomic E-state index is 0.0227. The third-order valence-electron chi connectivity index (χ3n) is 6.07. The van der Waals surface area contributed by atoms with Gasteiger partial charge in [0.15, 0.2) is 0 Å². The summed E-state index contributed by atoms with van der Waals surface area (Å²) in [5.74, 6) is 0. The first kappa shape index (κ1) is 22.6. The summed E-state index contributed by atoms with van der Waals surface area (Å²) >= 11 is 0. The lowest BCUT2D eigenvalue weighted by Crippen LogP contribution is -2.54. The number of rotatable bonds is 8. The van der Waals surface area contributed by atoms with E-state index in [-0.39, 0.29) is 17.5 Å². The number of nitrogens with zero attached hydrogens (tertiary/aromatic N) is 4. The van der Waals surface area contributed by atoms with Gasteiger partial charge >= 0.3 is 6.03 Å². The van der Waals surface area contributed by atoms with Crippen molar-refractivity contribution < 1.29 is 4.79 Å². The molecule has 1 N–H and O–H groups in total. The lowest BCUT2D eigenvalue weighted by Gasteiger charge is -2.39. The normalized spacial score (nSPS) is 17.5. The second-order valence-electron chi connectivity index (χ2n) is 9.15. The molecule has 1 aliphatic heterocycles. The van der Waals surface area contributed by atoms with E-state index < -0.39 is 0 Å². The van der Waals surface area contributed by atoms with Crippen LogP contribution in [0.5, 0.6) is 0 Å². The highest BCUT2D eigenvalue weighted by atomic mass is 16.2. The summed E-state index contributed by atoms with van der Waals surface area (Å²) in [7, 11) is 6.09. The highest BCUT2D eigenvalue weighted by Crippen LogP contribution is 2.22. The molecule has 0 bridgehead atoms. The zero-order valence-electron chi connectivity index (χ0n) is 18.6. The van der Waals surface area contributed by atoms with E-state index in [9.17, 15) is 4.79 Å². The third-order valence-corrected chi connectivity index (χ3v) is 6.07. The number of likely N-dealkylation sites (tertiary alicyclic amines) is 1. The maximum Gasteiger partial charge on any atom is 0.317 e. The zero-order valence-corrected chi connectivity index (χ0v) is 18.6. The van der Waals surface area contributed by atoms with E-state index in [0.717, 1.165) is 51.1 Å². The van der Waals surface area contributed by atoms with Gasteiger partial charge in [-0.2, -0.15) is 0 Å². The number of carbonyl (C=O) groups excluding carboxylic acids is 1. The van der Waals surface area contributed by atoms with Crippen molar-refractivity contribution in [3.63, 3.8) is 0 Å². The first-order chi connectivity index (χ1) is 13.2. The van der Waals surface area contributed by atoms with Crippen LogP contribution in [-0.4, -0.2) is 85.1 Å². The maximum atomic E-state index is 12.8. The fourth-order valence-corrected chi connectivity index (χ4v) is 3.95. The average Bonchev–Trinajstić information content (AvgIpc) is 2.66. The van der Waals surface area contributed by atoms with Gasteiger partial charge in [-0.15, -0.1) is 0 Å². The zero-order chi connectivity index (χ0) is 20.7. The molecule has 6 nitrogen and oxygen atoms in total. The maximum absolute atomic E-state index is 12.8. The van der Waals surface area contributed by atoms with Crippen LogP contribution in [0.1, 0.15) is 39.3 Å². The lowest BCUT2D eigenvalue weighted by molar-refractivity contribution is 0.125. The largest absolute Gasteiger partial charge is 0.335 e. The van der Waals surface area contributed by atoms with Crippen LogP contribution in [0.3, 0.4) is 0 Å². The molecule has 2 heterocycles. The Kier molecular flexibility index (Phi) is 8.25. The number of hydrogen-bond donors (Lipinski definition) is 1. The fourth-order valence-electron chi connectivity index (χ4n) is 3.95. The molecule has 1 saturated heterocycles. The SMILES string of the molecule is CC(NC(=O)N(C)C1CCN(CCc2ccccn2)CC1)C(C)(C)CN(C)C. The van der Waals surface area contributed by atoms with E-state index >= 15 is 0 Å². The summed E-state index contributed by atoms with van der Waals surface area (Å²) in [6.07, 6.45) is 4.90. The molecule has 0 radical (unpaired) electrons. The number of amides is 2. The molecule has 1 aromatic rings. The van der Waals surface area contributed by atoms with Gasteiger partial charge in [0.1, 0.15) is 0 Å². The van der Waals surface area contributed by atoms with Gasteiger partial charge < -0.3 is 20.0 Å². The molecule has 2 amide bonds. The van der Waals surface area contributed by atoms with Crippen molar-refractivity contribution in [3.05, 3.63) is 30.1 Å². The first-order valence-electron chi connectivity index (χ1n) is 10.5. The van der Waals surface area contributed by atoms with Crippen molar-refractivity contribution in [1.29, 1.82) is 0 Å². The van der Waals surface area contributed by atoms with Gasteiger partial charge in [-0.1, -0.05) is 19.9 Å². The molecule has 1 aromatic heterocycles. The lowest BCUT2D eigenvalue weighted by atomic mass is 9.85. The van der Waals surface area contributed by atoms with Gasteiger partial charge in [-0.3, -0.25) is 4.98 Å². The van der Waals surface area contributed by atoms with Gasteiger partial charge in [0, 0.05) is 63.6 Å². The predicted molar refractivity (Wildman–Crippen MR) is 115 cm³/mol. The van der Waals surface area contributed by atoms with E-state index in [2.05, 4.69) is 61.0 Å². The second kappa shape index (κ2) is 10.2. The van der Waals surface area contributed by atoms with E-state index in [4.69, 9.17) is 0 Å². The Labute approximate surface area is 171 Å². The second-order valence-corrected chi connectivity index (χ2v) is 9.15. The number of urea groups is 1. The van der Waals surface area contributed by atoms with Crippen LogP contribution in [-0.2, 0) is 6.42 Å². The number of hydrogen-bond acceptors (Lipinski definition) is 4. The fraction of sp³-hybridized carbons (Fsp3) is 0.727. The van der Waals surface area contributed by atoms with Crippen LogP contribution in [0.25, 0.3) is 0 Å². The van der Waals surface area contributed by atoms with E-state index in [1.54, 1.807) is 0 Å². The molecule has 158 valence electrons. The molecule has 0 saturated carbocycles. The Morgan fingerprint density at radius 2 is 1.96 bits per heavy atom. The Balaban J connectivity index is 1.76. The first-order valence-corrected chi connectivity index (χ1v) is 10.5. The molecular weight excluding hydrogens is 350 g/mol. The summed E-state index contributed by atoms with van der Waals surface area (Å²) in [4.78, 5) is 23.7. The topological polar surface area (TPSA) is 51.7 Å². The van der Waals surface area contributed by atoms with Crippen molar-refractivity contribution in [2.45, 2.75) is 52.1 Å². The van der Waals surface area contributed by atoms with Crippen LogP contribution in [0.4, 0.5) is 4.79 Å². The average molecular weight is 390 g/mol. The minimum Gasteiger partial charge on any atom is -0.335 e. The molecule has 1 fully saturated rings. The van der Waals surface area contributed by atoms with Crippen LogP contribution < -0.4 is 5.32 Å². The summed E-state index contributed by atoms with van der Waals surface area (Å²) in [6.45, 7) is 10.6. The number of piperidine rings is 1. The molecule has 2 rings (SSSR count). The number of nitrogens with one attached hydrogen (secondary N) is 1. The van der Waals surface area contributed by atoms with E-state index in [1.165, 1.54) is 0 Å². The Morgan fingerprint density at radius 1 is 1.29 bits per heavy atom. The Bertz CT molecular complexity index is 596. The molecule has 28 heavy (non-hydrogen) atoms. The number of pyridine rings is 1. The molecule has 0 aliphatic carbocycles. The van der Waals surface area contributed by atoms with E-state index in [1.807, 2.05) is 30.3 Å². The molecule has 6 heteroatoms. The molecule has 1 aliphatic rings. The van der Waals surface area contributed by atoms with Gasteiger partial charge in [0.05, 0.1) is 0 Å². The summed E-state index contributed by atoms with van der Waals surface area (Å²) in [5.41, 5.74) is 1.17. The van der Waals surface area contributed by atoms with Crippen molar-refractivity contribution in [3.8, 4) is 0 Å². The van der Waals surface area contributed by atoms with Gasteiger partial charge in [-0.25, -0.2) is 4.79 Å². The van der Waals surface area contributed by atoms with Crippen molar-refractivity contribution >= 4 is 6.03 Å². The molecule has 0 spiro atoms. The Morgan fingerprint density at radius 3 is 2.54 bits per heavy atom. The summed E-state index contributed by atoms with van der Waals surface area (Å²) < 4.78 is 0. The summed E-state index contributed by atoms with van der Waals surface area (Å²) in [5, 5.41) is 3.22. The monoisotopic (exact) mass is 389 g/mol.